The molecule has 0 aliphatic heterocycles. The van der Waals surface area contributed by atoms with E-state index in [1.807, 2.05) is 14.1 Å². The van der Waals surface area contributed by atoms with Crippen molar-refractivity contribution in [1.82, 2.24) is 10.2 Å². The van der Waals surface area contributed by atoms with Crippen LogP contribution < -0.4 is 5.32 Å². The molecule has 0 fully saturated rings. The van der Waals surface area contributed by atoms with Gasteiger partial charge in [-0.3, -0.25) is 4.79 Å². The van der Waals surface area contributed by atoms with E-state index in [-0.39, 0.29) is 18.3 Å². The Bertz CT molecular complexity index is 393. The highest BCUT2D eigenvalue weighted by molar-refractivity contribution is 7.14. The van der Waals surface area contributed by atoms with Crippen molar-refractivity contribution in [1.29, 1.82) is 0 Å². The number of thiophene rings is 1. The van der Waals surface area contributed by atoms with E-state index < -0.39 is 0 Å². The summed E-state index contributed by atoms with van der Waals surface area (Å²) in [6.45, 7) is 5.91. The van der Waals surface area contributed by atoms with Crippen molar-refractivity contribution in [3.8, 4) is 0 Å². The van der Waals surface area contributed by atoms with E-state index in [0.717, 1.165) is 37.2 Å². The van der Waals surface area contributed by atoms with Crippen LogP contribution in [0.15, 0.2) is 6.07 Å². The first kappa shape index (κ1) is 18.4. The van der Waals surface area contributed by atoms with E-state index in [1.54, 1.807) is 16.2 Å². The maximum Gasteiger partial charge on any atom is 0.263 e. The highest BCUT2D eigenvalue weighted by Gasteiger charge is 2.16. The van der Waals surface area contributed by atoms with Crippen molar-refractivity contribution in [2.75, 3.05) is 27.2 Å². The number of aryl methyl sites for hydroxylation is 2. The molecule has 3 nitrogen and oxygen atoms in total. The zero-order valence-corrected chi connectivity index (χ0v) is 13.9. The predicted molar refractivity (Wildman–Crippen MR) is 85.8 cm³/mol. The molecule has 1 aromatic rings. The summed E-state index contributed by atoms with van der Waals surface area (Å²) in [5.74, 6) is 0.146. The van der Waals surface area contributed by atoms with Gasteiger partial charge < -0.3 is 10.2 Å². The topological polar surface area (TPSA) is 32.3 Å². The fraction of sp³-hybridized carbons (Fsp3) is 0.643. The highest BCUT2D eigenvalue weighted by Crippen LogP contribution is 2.25. The summed E-state index contributed by atoms with van der Waals surface area (Å²) in [4.78, 5) is 16.3. The molecule has 1 rings (SSSR count). The predicted octanol–water partition coefficient (Wildman–Crippen LogP) is 2.98. The average Bonchev–Trinajstić information content (AvgIpc) is 2.78. The Morgan fingerprint density at radius 3 is 2.63 bits per heavy atom. The smallest absolute Gasteiger partial charge is 0.263 e. The summed E-state index contributed by atoms with van der Waals surface area (Å²) in [7, 11) is 3.77. The van der Waals surface area contributed by atoms with Gasteiger partial charge in [0.1, 0.15) is 0 Å². The third kappa shape index (κ3) is 5.13. The van der Waals surface area contributed by atoms with Crippen molar-refractivity contribution in [3.63, 3.8) is 0 Å². The lowest BCUT2D eigenvalue weighted by molar-refractivity contribution is 0.0801. The summed E-state index contributed by atoms with van der Waals surface area (Å²) in [6.07, 6.45) is 3.23. The number of nitrogens with zero attached hydrogens (tertiary/aromatic N) is 1. The van der Waals surface area contributed by atoms with Gasteiger partial charge in [0.2, 0.25) is 0 Å². The second kappa shape index (κ2) is 9.34. The van der Waals surface area contributed by atoms with E-state index in [2.05, 4.69) is 25.2 Å². The van der Waals surface area contributed by atoms with Gasteiger partial charge in [-0.25, -0.2) is 0 Å². The molecule has 0 aliphatic rings. The molecule has 0 aliphatic carbocycles. The van der Waals surface area contributed by atoms with Crippen LogP contribution in [0.3, 0.4) is 0 Å². The van der Waals surface area contributed by atoms with E-state index in [9.17, 15) is 4.79 Å². The molecular formula is C14H25ClN2OS. The summed E-state index contributed by atoms with van der Waals surface area (Å²) >= 11 is 1.67. The van der Waals surface area contributed by atoms with Crippen molar-refractivity contribution < 1.29 is 4.79 Å². The molecular weight excluding hydrogens is 280 g/mol. The molecule has 1 N–H and O–H groups in total. The fourth-order valence-electron chi connectivity index (χ4n) is 1.88. The van der Waals surface area contributed by atoms with Crippen molar-refractivity contribution in [3.05, 3.63) is 21.4 Å². The van der Waals surface area contributed by atoms with E-state index in [1.165, 1.54) is 10.4 Å². The second-order valence-corrected chi connectivity index (χ2v) is 5.63. The van der Waals surface area contributed by atoms with E-state index in [4.69, 9.17) is 0 Å². The van der Waals surface area contributed by atoms with Crippen LogP contribution in [0, 0.1) is 0 Å². The van der Waals surface area contributed by atoms with Gasteiger partial charge in [-0.15, -0.1) is 23.7 Å². The minimum absolute atomic E-state index is 0. The van der Waals surface area contributed by atoms with Crippen LogP contribution in [0.5, 0.6) is 0 Å². The van der Waals surface area contributed by atoms with Gasteiger partial charge in [0.25, 0.3) is 5.91 Å². The first-order valence-corrected chi connectivity index (χ1v) is 7.47. The summed E-state index contributed by atoms with van der Waals surface area (Å²) in [6, 6.07) is 2.08. The molecule has 0 saturated carbocycles. The SMILES string of the molecule is CCCc1sc(C(=O)N(C)CCNC)cc1CC.Cl. The molecule has 1 aromatic heterocycles. The van der Waals surface area contributed by atoms with Crippen LogP contribution in [0.25, 0.3) is 0 Å². The largest absolute Gasteiger partial charge is 0.340 e. The summed E-state index contributed by atoms with van der Waals surface area (Å²) in [5.41, 5.74) is 1.34. The first-order chi connectivity index (χ1) is 8.63. The molecule has 0 radical (unpaired) electrons. The van der Waals surface area contributed by atoms with Crippen molar-refractivity contribution >= 4 is 29.7 Å². The van der Waals surface area contributed by atoms with Crippen LogP contribution >= 0.6 is 23.7 Å². The monoisotopic (exact) mass is 304 g/mol. The number of nitrogens with one attached hydrogen (secondary N) is 1. The minimum Gasteiger partial charge on any atom is -0.340 e. The number of carbonyl (C=O) groups excluding carboxylic acids is 1. The first-order valence-electron chi connectivity index (χ1n) is 6.65. The lowest BCUT2D eigenvalue weighted by Crippen LogP contribution is -2.32. The number of hydrogen-bond donors (Lipinski definition) is 1. The van der Waals surface area contributed by atoms with Gasteiger partial charge >= 0.3 is 0 Å². The van der Waals surface area contributed by atoms with Gasteiger partial charge in [0.05, 0.1) is 4.88 Å². The molecule has 0 spiro atoms. The number of likely N-dealkylation sites (N-methyl/N-ethyl adjacent to an activating group) is 2. The Balaban J connectivity index is 0.00000324. The fourth-order valence-corrected chi connectivity index (χ4v) is 3.23. The van der Waals surface area contributed by atoms with Gasteiger partial charge in [-0.1, -0.05) is 20.3 Å². The Kier molecular flexibility index (Phi) is 9.06. The zero-order valence-electron chi connectivity index (χ0n) is 12.3. The molecule has 0 saturated heterocycles. The maximum absolute atomic E-state index is 12.2. The normalized spacial score (nSPS) is 10.1. The number of carbonyl (C=O) groups is 1. The Morgan fingerprint density at radius 2 is 2.11 bits per heavy atom. The van der Waals surface area contributed by atoms with Crippen LogP contribution in [0.4, 0.5) is 0 Å². The molecule has 1 amide bonds. The maximum atomic E-state index is 12.2. The number of rotatable bonds is 7. The van der Waals surface area contributed by atoms with Crippen molar-refractivity contribution in [2.45, 2.75) is 33.1 Å². The summed E-state index contributed by atoms with van der Waals surface area (Å²) in [5, 5.41) is 3.06. The molecule has 0 bridgehead atoms. The van der Waals surface area contributed by atoms with E-state index in [0.29, 0.717) is 0 Å². The van der Waals surface area contributed by atoms with Gasteiger partial charge in [-0.05, 0) is 31.5 Å². The number of halogens is 1. The lowest BCUT2D eigenvalue weighted by atomic mass is 10.1. The van der Waals surface area contributed by atoms with Crippen LogP contribution in [0.1, 0.15) is 40.4 Å². The van der Waals surface area contributed by atoms with Crippen molar-refractivity contribution in [2.24, 2.45) is 0 Å². The van der Waals surface area contributed by atoms with Crippen LogP contribution in [-0.4, -0.2) is 38.0 Å². The minimum atomic E-state index is 0. The molecule has 110 valence electrons. The van der Waals surface area contributed by atoms with Gasteiger partial charge in [0, 0.05) is 25.0 Å². The standard InChI is InChI=1S/C14H24N2OS.ClH/c1-5-7-12-11(6-2)10-13(18-12)14(17)16(4)9-8-15-3;/h10,15H,5-9H2,1-4H3;1H. The average molecular weight is 305 g/mol. The second-order valence-electron chi connectivity index (χ2n) is 4.49. The molecule has 19 heavy (non-hydrogen) atoms. The third-order valence-corrected chi connectivity index (χ3v) is 4.23. The van der Waals surface area contributed by atoms with Crippen LogP contribution in [0.2, 0.25) is 0 Å². The zero-order chi connectivity index (χ0) is 13.5. The lowest BCUT2D eigenvalue weighted by Gasteiger charge is -2.15. The quantitative estimate of drug-likeness (QED) is 0.840. The molecule has 1 heterocycles. The molecule has 0 unspecified atom stereocenters. The highest BCUT2D eigenvalue weighted by atomic mass is 35.5. The number of amides is 1. The van der Waals surface area contributed by atoms with Gasteiger partial charge in [0.15, 0.2) is 0 Å². The van der Waals surface area contributed by atoms with Crippen LogP contribution in [-0.2, 0) is 12.8 Å². The third-order valence-electron chi connectivity index (χ3n) is 3.01. The van der Waals surface area contributed by atoms with E-state index >= 15 is 0 Å². The molecule has 0 aromatic carbocycles. The Labute approximate surface area is 126 Å². The molecule has 0 atom stereocenters. The molecule has 5 heteroatoms. The number of hydrogen-bond acceptors (Lipinski definition) is 3. The Morgan fingerprint density at radius 1 is 1.42 bits per heavy atom. The van der Waals surface area contributed by atoms with Gasteiger partial charge in [-0.2, -0.15) is 0 Å². The Hall–Kier alpha value is -0.580. The summed E-state index contributed by atoms with van der Waals surface area (Å²) < 4.78 is 0.